The van der Waals surface area contributed by atoms with Gasteiger partial charge in [-0.2, -0.15) is 0 Å². The topological polar surface area (TPSA) is 69.4 Å². The molecule has 0 saturated carbocycles. The molecular weight excluding hydrogens is 265 g/mol. The fraction of sp³-hybridized carbons (Fsp3) is 0.0714. The van der Waals surface area contributed by atoms with Crippen LogP contribution < -0.4 is 4.74 Å². The van der Waals surface area contributed by atoms with Gasteiger partial charge in [0.15, 0.2) is 0 Å². The summed E-state index contributed by atoms with van der Waals surface area (Å²) in [6.45, 7) is 1.54. The van der Waals surface area contributed by atoms with E-state index in [1.165, 1.54) is 31.2 Å². The highest BCUT2D eigenvalue weighted by Gasteiger charge is 2.15. The maximum absolute atomic E-state index is 13.3. The van der Waals surface area contributed by atoms with E-state index in [1.807, 2.05) is 0 Å². The SMILES string of the molecule is Cc1c(Oc2cc(F)cc(C=O)c2)cccc1[N+](=O)[O-]. The van der Waals surface area contributed by atoms with Crippen molar-refractivity contribution in [1.29, 1.82) is 0 Å². The van der Waals surface area contributed by atoms with E-state index in [0.29, 0.717) is 11.8 Å². The third-order valence-electron chi connectivity index (χ3n) is 2.71. The molecule has 0 unspecified atom stereocenters. The summed E-state index contributed by atoms with van der Waals surface area (Å²) in [5.74, 6) is -0.273. The number of halogens is 1. The molecule has 0 radical (unpaired) electrons. The van der Waals surface area contributed by atoms with E-state index < -0.39 is 10.7 Å². The molecule has 102 valence electrons. The summed E-state index contributed by atoms with van der Waals surface area (Å²) in [7, 11) is 0. The summed E-state index contributed by atoms with van der Waals surface area (Å²) in [5, 5.41) is 10.8. The van der Waals surface area contributed by atoms with Gasteiger partial charge in [0.25, 0.3) is 5.69 Å². The molecule has 0 aliphatic carbocycles. The summed E-state index contributed by atoms with van der Waals surface area (Å²) in [6.07, 6.45) is 0.496. The van der Waals surface area contributed by atoms with Crippen LogP contribution in [0.4, 0.5) is 10.1 Å². The fourth-order valence-corrected chi connectivity index (χ4v) is 1.75. The quantitative estimate of drug-likeness (QED) is 0.485. The predicted molar refractivity (Wildman–Crippen MR) is 69.7 cm³/mol. The number of rotatable bonds is 4. The van der Waals surface area contributed by atoms with Gasteiger partial charge in [0, 0.05) is 17.7 Å². The van der Waals surface area contributed by atoms with Crippen LogP contribution in [-0.4, -0.2) is 11.2 Å². The first-order valence-electron chi connectivity index (χ1n) is 5.69. The lowest BCUT2D eigenvalue weighted by molar-refractivity contribution is -0.385. The Balaban J connectivity index is 2.40. The van der Waals surface area contributed by atoms with E-state index in [0.717, 1.165) is 12.1 Å². The zero-order valence-electron chi connectivity index (χ0n) is 10.5. The Morgan fingerprint density at radius 1 is 1.30 bits per heavy atom. The average Bonchev–Trinajstić information content (AvgIpc) is 2.40. The molecule has 0 N–H and O–H groups in total. The molecule has 2 rings (SSSR count). The van der Waals surface area contributed by atoms with Crippen LogP contribution >= 0.6 is 0 Å². The van der Waals surface area contributed by atoms with E-state index in [9.17, 15) is 19.3 Å². The molecule has 0 heterocycles. The van der Waals surface area contributed by atoms with E-state index in [4.69, 9.17) is 4.74 Å². The van der Waals surface area contributed by atoms with Crippen molar-refractivity contribution in [2.24, 2.45) is 0 Å². The number of nitro groups is 1. The normalized spacial score (nSPS) is 10.1. The van der Waals surface area contributed by atoms with Crippen LogP contribution in [0.2, 0.25) is 0 Å². The highest BCUT2D eigenvalue weighted by molar-refractivity contribution is 5.75. The lowest BCUT2D eigenvalue weighted by atomic mass is 10.2. The number of aldehydes is 1. The molecule has 0 aliphatic heterocycles. The minimum atomic E-state index is -0.618. The van der Waals surface area contributed by atoms with Crippen molar-refractivity contribution in [3.63, 3.8) is 0 Å². The van der Waals surface area contributed by atoms with Gasteiger partial charge in [-0.05, 0) is 25.1 Å². The smallest absolute Gasteiger partial charge is 0.276 e. The molecule has 20 heavy (non-hydrogen) atoms. The molecular formula is C14H10FNO4. The minimum absolute atomic E-state index is 0.0884. The first-order chi connectivity index (χ1) is 9.51. The summed E-state index contributed by atoms with van der Waals surface area (Å²) >= 11 is 0. The second-order valence-electron chi connectivity index (χ2n) is 4.10. The Morgan fingerprint density at radius 3 is 2.70 bits per heavy atom. The molecule has 2 aromatic carbocycles. The predicted octanol–water partition coefficient (Wildman–Crippen LogP) is 3.65. The lowest BCUT2D eigenvalue weighted by Gasteiger charge is -2.09. The number of nitro benzene ring substituents is 1. The molecule has 5 nitrogen and oxygen atoms in total. The summed E-state index contributed by atoms with van der Waals surface area (Å²) in [4.78, 5) is 21.0. The van der Waals surface area contributed by atoms with Crippen molar-refractivity contribution in [2.45, 2.75) is 6.92 Å². The van der Waals surface area contributed by atoms with Crippen molar-refractivity contribution >= 4 is 12.0 Å². The fourth-order valence-electron chi connectivity index (χ4n) is 1.75. The molecule has 0 spiro atoms. The van der Waals surface area contributed by atoms with Crippen LogP contribution in [0.15, 0.2) is 36.4 Å². The number of ether oxygens (including phenoxy) is 1. The number of benzene rings is 2. The van der Waals surface area contributed by atoms with Gasteiger partial charge in [-0.1, -0.05) is 6.07 Å². The summed E-state index contributed by atoms with van der Waals surface area (Å²) in [5.41, 5.74) is 0.368. The number of nitrogens with zero attached hydrogens (tertiary/aromatic N) is 1. The van der Waals surface area contributed by atoms with Crippen LogP contribution in [0.1, 0.15) is 15.9 Å². The van der Waals surface area contributed by atoms with Crippen LogP contribution in [0.3, 0.4) is 0 Å². The Bertz CT molecular complexity index is 685. The van der Waals surface area contributed by atoms with Gasteiger partial charge < -0.3 is 4.74 Å². The van der Waals surface area contributed by atoms with Gasteiger partial charge >= 0.3 is 0 Å². The van der Waals surface area contributed by atoms with Crippen molar-refractivity contribution in [3.8, 4) is 11.5 Å². The average molecular weight is 275 g/mol. The van der Waals surface area contributed by atoms with Crippen LogP contribution in [0.25, 0.3) is 0 Å². The zero-order chi connectivity index (χ0) is 14.7. The summed E-state index contributed by atoms with van der Waals surface area (Å²) < 4.78 is 18.7. The molecule has 2 aromatic rings. The molecule has 0 aromatic heterocycles. The van der Waals surface area contributed by atoms with Gasteiger partial charge in [0.05, 0.1) is 10.5 Å². The standard InChI is InChI=1S/C14H10FNO4/c1-9-13(16(18)19)3-2-4-14(9)20-12-6-10(8-17)5-11(15)7-12/h2-8H,1H3. The highest BCUT2D eigenvalue weighted by Crippen LogP contribution is 2.31. The highest BCUT2D eigenvalue weighted by atomic mass is 19.1. The molecule has 0 aliphatic rings. The molecule has 6 heteroatoms. The van der Waals surface area contributed by atoms with Crippen LogP contribution in [0, 0.1) is 22.9 Å². The monoisotopic (exact) mass is 275 g/mol. The van der Waals surface area contributed by atoms with E-state index >= 15 is 0 Å². The van der Waals surface area contributed by atoms with Gasteiger partial charge in [0.1, 0.15) is 23.6 Å². The van der Waals surface area contributed by atoms with E-state index in [1.54, 1.807) is 0 Å². The Kier molecular flexibility index (Phi) is 3.74. The maximum Gasteiger partial charge on any atom is 0.276 e. The molecule has 0 saturated heterocycles. The van der Waals surface area contributed by atoms with Crippen LogP contribution in [-0.2, 0) is 0 Å². The zero-order valence-corrected chi connectivity index (χ0v) is 10.5. The number of carbonyl (C=O) groups is 1. The number of hydrogen-bond donors (Lipinski definition) is 0. The van der Waals surface area contributed by atoms with Crippen molar-refractivity contribution < 1.29 is 18.8 Å². The third-order valence-corrected chi connectivity index (χ3v) is 2.71. The van der Waals surface area contributed by atoms with Gasteiger partial charge in [-0.3, -0.25) is 14.9 Å². The molecule has 0 fully saturated rings. The largest absolute Gasteiger partial charge is 0.457 e. The van der Waals surface area contributed by atoms with Crippen molar-refractivity contribution in [2.75, 3.05) is 0 Å². The first-order valence-corrected chi connectivity index (χ1v) is 5.69. The second-order valence-corrected chi connectivity index (χ2v) is 4.10. The van der Waals surface area contributed by atoms with Crippen molar-refractivity contribution in [3.05, 3.63) is 63.5 Å². The number of hydrogen-bond acceptors (Lipinski definition) is 4. The van der Waals surface area contributed by atoms with Crippen LogP contribution in [0.5, 0.6) is 11.5 Å². The van der Waals surface area contributed by atoms with Gasteiger partial charge in [-0.25, -0.2) is 4.39 Å². The first kappa shape index (κ1) is 13.7. The minimum Gasteiger partial charge on any atom is -0.457 e. The molecule has 0 atom stereocenters. The lowest BCUT2D eigenvalue weighted by Crippen LogP contribution is -1.95. The number of carbonyl (C=O) groups excluding carboxylic acids is 1. The van der Waals surface area contributed by atoms with E-state index in [2.05, 4.69) is 0 Å². The third kappa shape index (κ3) is 2.80. The van der Waals surface area contributed by atoms with Gasteiger partial charge in [0.2, 0.25) is 0 Å². The maximum atomic E-state index is 13.3. The second kappa shape index (κ2) is 5.48. The summed E-state index contributed by atoms with van der Waals surface area (Å²) in [6, 6.07) is 7.89. The van der Waals surface area contributed by atoms with Crippen molar-refractivity contribution in [1.82, 2.24) is 0 Å². The Labute approximate surface area is 113 Å². The van der Waals surface area contributed by atoms with E-state index in [-0.39, 0.29) is 22.7 Å². The molecule has 0 amide bonds. The molecule has 0 bridgehead atoms. The Hall–Kier alpha value is -2.76. The Morgan fingerprint density at radius 2 is 2.05 bits per heavy atom. The van der Waals surface area contributed by atoms with Gasteiger partial charge in [-0.15, -0.1) is 0 Å².